The van der Waals surface area contributed by atoms with Gasteiger partial charge in [0, 0.05) is 18.2 Å². The third-order valence-corrected chi connectivity index (χ3v) is 5.90. The Labute approximate surface area is 141 Å². The molecule has 0 radical (unpaired) electrons. The molecule has 0 aliphatic carbocycles. The monoisotopic (exact) mass is 348 g/mol. The van der Waals surface area contributed by atoms with Crippen LogP contribution in [0.15, 0.2) is 35.4 Å². The molecule has 1 aromatic heterocycles. The summed E-state index contributed by atoms with van der Waals surface area (Å²) < 4.78 is 33.3. The summed E-state index contributed by atoms with van der Waals surface area (Å²) in [6, 6.07) is 7.07. The van der Waals surface area contributed by atoms with Crippen molar-refractivity contribution in [1.29, 1.82) is 0 Å². The van der Waals surface area contributed by atoms with Gasteiger partial charge in [-0.1, -0.05) is 25.1 Å². The average Bonchev–Trinajstić information content (AvgIpc) is 3.02. The quantitative estimate of drug-likeness (QED) is 0.915. The molecule has 0 bridgehead atoms. The summed E-state index contributed by atoms with van der Waals surface area (Å²) in [6.07, 6.45) is 2.52. The number of hydrogen-bond donors (Lipinski definition) is 1. The van der Waals surface area contributed by atoms with Crippen LogP contribution in [0.1, 0.15) is 25.3 Å². The Balaban J connectivity index is 1.97. The predicted octanol–water partition coefficient (Wildman–Crippen LogP) is 2.16. The van der Waals surface area contributed by atoms with Crippen LogP contribution in [-0.2, 0) is 19.6 Å². The predicted molar refractivity (Wildman–Crippen MR) is 89.9 cm³/mol. The van der Waals surface area contributed by atoms with E-state index in [0.717, 1.165) is 0 Å². The van der Waals surface area contributed by atoms with Crippen LogP contribution < -0.4 is 4.72 Å². The van der Waals surface area contributed by atoms with Gasteiger partial charge in [0.25, 0.3) is 10.0 Å². The molecule has 0 saturated carbocycles. The minimum absolute atomic E-state index is 0.0564. The van der Waals surface area contributed by atoms with Gasteiger partial charge in [0.15, 0.2) is 0 Å². The zero-order valence-corrected chi connectivity index (χ0v) is 14.5. The summed E-state index contributed by atoms with van der Waals surface area (Å²) in [4.78, 5) is 16.7. The lowest BCUT2D eigenvalue weighted by molar-refractivity contribution is -0.124. The lowest BCUT2D eigenvalue weighted by atomic mass is 9.99. The van der Waals surface area contributed by atoms with Crippen molar-refractivity contribution in [3.63, 3.8) is 0 Å². The number of aryl methyl sites for hydroxylation is 1. The number of sulfonamides is 1. The Hall–Kier alpha value is -1.99. The number of fused-ring (bicyclic) bond motifs is 1. The van der Waals surface area contributed by atoms with Crippen LogP contribution in [0.4, 0.5) is 0 Å². The van der Waals surface area contributed by atoms with Crippen molar-refractivity contribution in [2.24, 2.45) is 5.92 Å². The number of ether oxygens (including phenoxy) is 1. The summed E-state index contributed by atoms with van der Waals surface area (Å²) in [7, 11) is -4.00. The first kappa shape index (κ1) is 16.9. The summed E-state index contributed by atoms with van der Waals surface area (Å²) in [5.41, 5.74) is 0.920. The Morgan fingerprint density at radius 1 is 1.38 bits per heavy atom. The Morgan fingerprint density at radius 2 is 2.17 bits per heavy atom. The third kappa shape index (κ3) is 3.01. The van der Waals surface area contributed by atoms with Crippen molar-refractivity contribution in [2.45, 2.75) is 37.7 Å². The number of carbonyl (C=O) groups is 1. The van der Waals surface area contributed by atoms with Gasteiger partial charge in [0.05, 0.1) is 17.5 Å². The number of hydrogen-bond acceptors (Lipinski definition) is 5. The van der Waals surface area contributed by atoms with Crippen molar-refractivity contribution < 1.29 is 17.9 Å². The summed E-state index contributed by atoms with van der Waals surface area (Å²) in [5, 5.41) is 0.714. The number of amides is 1. The fourth-order valence-electron chi connectivity index (χ4n) is 3.17. The molecule has 2 aromatic rings. The maximum Gasteiger partial charge on any atom is 0.266 e. The molecule has 1 amide bonds. The van der Waals surface area contributed by atoms with Crippen molar-refractivity contribution >= 4 is 26.8 Å². The van der Waals surface area contributed by atoms with Crippen LogP contribution in [0.3, 0.4) is 0 Å². The molecule has 1 aromatic carbocycles. The fraction of sp³-hybridized carbons (Fsp3) is 0.412. The molecule has 24 heavy (non-hydrogen) atoms. The molecular weight excluding hydrogens is 328 g/mol. The van der Waals surface area contributed by atoms with E-state index in [1.165, 1.54) is 0 Å². The highest BCUT2D eigenvalue weighted by Crippen LogP contribution is 2.27. The van der Waals surface area contributed by atoms with Gasteiger partial charge in [-0.25, -0.2) is 13.1 Å². The molecule has 1 aliphatic rings. The number of rotatable bonds is 4. The van der Waals surface area contributed by atoms with Crippen LogP contribution in [0.25, 0.3) is 10.9 Å². The van der Waals surface area contributed by atoms with E-state index >= 15 is 0 Å². The molecule has 0 spiro atoms. The van der Waals surface area contributed by atoms with Gasteiger partial charge in [-0.3, -0.25) is 9.78 Å². The number of nitrogens with one attached hydrogen (secondary N) is 1. The molecule has 6 nitrogen and oxygen atoms in total. The van der Waals surface area contributed by atoms with E-state index in [0.29, 0.717) is 35.9 Å². The Kier molecular flexibility index (Phi) is 4.56. The van der Waals surface area contributed by atoms with E-state index in [4.69, 9.17) is 4.74 Å². The van der Waals surface area contributed by atoms with E-state index in [-0.39, 0.29) is 11.0 Å². The van der Waals surface area contributed by atoms with E-state index < -0.39 is 21.8 Å². The molecule has 1 aliphatic heterocycles. The van der Waals surface area contributed by atoms with Crippen LogP contribution in [-0.4, -0.2) is 32.0 Å². The molecule has 7 heteroatoms. The molecule has 128 valence electrons. The van der Waals surface area contributed by atoms with Crippen molar-refractivity contribution in [2.75, 3.05) is 6.61 Å². The Bertz CT molecular complexity index is 879. The van der Waals surface area contributed by atoms with Crippen molar-refractivity contribution in [3.05, 3.63) is 36.0 Å². The second-order valence-electron chi connectivity index (χ2n) is 5.97. The first-order valence-corrected chi connectivity index (χ1v) is 9.45. The summed E-state index contributed by atoms with van der Waals surface area (Å²) in [6.45, 7) is 4.09. The standard InChI is InChI=1S/C17H20N2O4S/c1-3-14-13(8-10-23-14)17(20)19-24(21,22)16-11(2)6-7-12-5-4-9-18-15(12)16/h4-7,9,13-14H,3,8,10H2,1-2H3,(H,19,20)/t13-,14+/m1/s1. The highest BCUT2D eigenvalue weighted by atomic mass is 32.2. The van der Waals surface area contributed by atoms with Gasteiger partial charge >= 0.3 is 0 Å². The SMILES string of the molecule is CC[C@@H]1OCC[C@H]1C(=O)NS(=O)(=O)c1c(C)ccc2cccnc12. The normalized spacial score (nSPS) is 21.1. The van der Waals surface area contributed by atoms with Gasteiger partial charge in [-0.05, 0) is 31.4 Å². The molecule has 1 fully saturated rings. The van der Waals surface area contributed by atoms with Gasteiger partial charge in [0.2, 0.25) is 5.91 Å². The van der Waals surface area contributed by atoms with Gasteiger partial charge in [0.1, 0.15) is 4.90 Å². The number of carbonyl (C=O) groups excluding carboxylic acids is 1. The first-order valence-electron chi connectivity index (χ1n) is 7.96. The molecule has 0 unspecified atom stereocenters. The van der Waals surface area contributed by atoms with E-state index in [1.54, 1.807) is 31.3 Å². The van der Waals surface area contributed by atoms with Gasteiger partial charge in [-0.2, -0.15) is 0 Å². The molecule has 2 heterocycles. The molecule has 3 rings (SSSR count). The lowest BCUT2D eigenvalue weighted by Gasteiger charge is -2.17. The number of nitrogens with zero attached hydrogens (tertiary/aromatic N) is 1. The topological polar surface area (TPSA) is 85.4 Å². The zero-order chi connectivity index (χ0) is 17.3. The minimum Gasteiger partial charge on any atom is -0.377 e. The van der Waals surface area contributed by atoms with E-state index in [9.17, 15) is 13.2 Å². The molecular formula is C17H20N2O4S. The molecule has 2 atom stereocenters. The number of benzene rings is 1. The maximum absolute atomic E-state index is 12.8. The highest BCUT2D eigenvalue weighted by molar-refractivity contribution is 7.90. The van der Waals surface area contributed by atoms with E-state index in [2.05, 4.69) is 9.71 Å². The second kappa shape index (κ2) is 6.49. The summed E-state index contributed by atoms with van der Waals surface area (Å²) >= 11 is 0. The highest BCUT2D eigenvalue weighted by Gasteiger charge is 2.35. The smallest absolute Gasteiger partial charge is 0.266 e. The molecule has 1 N–H and O–H groups in total. The number of aromatic nitrogens is 1. The van der Waals surface area contributed by atoms with Crippen LogP contribution >= 0.6 is 0 Å². The van der Waals surface area contributed by atoms with Crippen molar-refractivity contribution in [1.82, 2.24) is 9.71 Å². The second-order valence-corrected chi connectivity index (χ2v) is 7.59. The van der Waals surface area contributed by atoms with Gasteiger partial charge in [-0.15, -0.1) is 0 Å². The lowest BCUT2D eigenvalue weighted by Crippen LogP contribution is -2.39. The average molecular weight is 348 g/mol. The largest absolute Gasteiger partial charge is 0.377 e. The fourth-order valence-corrected chi connectivity index (χ4v) is 4.60. The van der Waals surface area contributed by atoms with Crippen molar-refractivity contribution in [3.8, 4) is 0 Å². The van der Waals surface area contributed by atoms with Gasteiger partial charge < -0.3 is 4.74 Å². The zero-order valence-electron chi connectivity index (χ0n) is 13.7. The molecule has 1 saturated heterocycles. The number of pyridine rings is 1. The summed E-state index contributed by atoms with van der Waals surface area (Å²) in [5.74, 6) is -0.945. The third-order valence-electron chi connectivity index (χ3n) is 4.38. The van der Waals surface area contributed by atoms with Crippen LogP contribution in [0, 0.1) is 12.8 Å². The Morgan fingerprint density at radius 3 is 2.92 bits per heavy atom. The van der Waals surface area contributed by atoms with Crippen LogP contribution in [0.5, 0.6) is 0 Å². The van der Waals surface area contributed by atoms with E-state index in [1.807, 2.05) is 13.0 Å². The minimum atomic E-state index is -4.00. The first-order chi connectivity index (χ1) is 11.4. The van der Waals surface area contributed by atoms with Crippen LogP contribution in [0.2, 0.25) is 0 Å². The maximum atomic E-state index is 12.8.